The lowest BCUT2D eigenvalue weighted by molar-refractivity contribution is 0.0560. The Labute approximate surface area is 102 Å². The molecule has 0 aliphatic heterocycles. The van der Waals surface area contributed by atoms with Crippen LogP contribution in [-0.2, 0) is 11.3 Å². The van der Waals surface area contributed by atoms with Crippen LogP contribution in [0.3, 0.4) is 0 Å². The number of methoxy groups -OCH3 is 1. The largest absolute Gasteiger partial charge is 0.463 e. The number of likely N-dealkylation sites (N-methyl/N-ethyl adjacent to an activating group) is 1. The monoisotopic (exact) mass is 240 g/mol. The van der Waals surface area contributed by atoms with Gasteiger partial charge in [-0.2, -0.15) is 0 Å². The van der Waals surface area contributed by atoms with E-state index in [0.29, 0.717) is 13.1 Å². The Bertz CT molecular complexity index is 374. The number of rotatable bonds is 6. The number of furan rings is 1. The van der Waals surface area contributed by atoms with Crippen molar-refractivity contribution in [2.24, 2.45) is 5.73 Å². The number of aryl methyl sites for hydroxylation is 1. The molecule has 2 N–H and O–H groups in total. The van der Waals surface area contributed by atoms with Crippen molar-refractivity contribution in [2.75, 3.05) is 26.7 Å². The second-order valence-corrected chi connectivity index (χ2v) is 3.87. The van der Waals surface area contributed by atoms with Gasteiger partial charge in [-0.25, -0.2) is 4.79 Å². The van der Waals surface area contributed by atoms with Crippen molar-refractivity contribution in [1.29, 1.82) is 0 Å². The van der Waals surface area contributed by atoms with E-state index >= 15 is 0 Å². The summed E-state index contributed by atoms with van der Waals surface area (Å²) in [6, 6.07) is 1.87. The topological polar surface area (TPSA) is 68.7 Å². The third-order valence-corrected chi connectivity index (χ3v) is 2.61. The highest BCUT2D eigenvalue weighted by molar-refractivity contribution is 5.87. The summed E-state index contributed by atoms with van der Waals surface area (Å²) < 4.78 is 10.1. The molecule has 0 saturated carbocycles. The Morgan fingerprint density at radius 1 is 1.59 bits per heavy atom. The number of carbonyl (C=O) groups is 1. The van der Waals surface area contributed by atoms with Crippen LogP contribution in [0.5, 0.6) is 0 Å². The summed E-state index contributed by atoms with van der Waals surface area (Å²) >= 11 is 0. The van der Waals surface area contributed by atoms with Crippen molar-refractivity contribution >= 4 is 5.97 Å². The lowest BCUT2D eigenvalue weighted by atomic mass is 10.2. The van der Waals surface area contributed by atoms with Gasteiger partial charge in [0.1, 0.15) is 5.76 Å². The smallest absolute Gasteiger partial charge is 0.374 e. The van der Waals surface area contributed by atoms with Gasteiger partial charge in [-0.05, 0) is 19.5 Å². The van der Waals surface area contributed by atoms with Crippen molar-refractivity contribution in [3.8, 4) is 0 Å². The van der Waals surface area contributed by atoms with Crippen LogP contribution in [0, 0.1) is 6.92 Å². The molecule has 0 unspecified atom stereocenters. The van der Waals surface area contributed by atoms with Crippen LogP contribution in [0.2, 0.25) is 0 Å². The number of carbonyl (C=O) groups excluding carboxylic acids is 1. The molecule has 0 amide bonds. The van der Waals surface area contributed by atoms with Crippen LogP contribution in [-0.4, -0.2) is 37.6 Å². The zero-order valence-corrected chi connectivity index (χ0v) is 10.7. The molecule has 1 aromatic rings. The van der Waals surface area contributed by atoms with Gasteiger partial charge in [0.05, 0.1) is 13.7 Å². The first kappa shape index (κ1) is 13.7. The van der Waals surface area contributed by atoms with Gasteiger partial charge in [-0.15, -0.1) is 0 Å². The second-order valence-electron chi connectivity index (χ2n) is 3.87. The third kappa shape index (κ3) is 3.57. The van der Waals surface area contributed by atoms with Crippen LogP contribution in [0.1, 0.15) is 28.8 Å². The van der Waals surface area contributed by atoms with Gasteiger partial charge < -0.3 is 14.9 Å². The molecule has 0 bridgehead atoms. The van der Waals surface area contributed by atoms with Gasteiger partial charge >= 0.3 is 5.97 Å². The quantitative estimate of drug-likeness (QED) is 0.755. The second kappa shape index (κ2) is 6.42. The van der Waals surface area contributed by atoms with E-state index in [9.17, 15) is 4.79 Å². The van der Waals surface area contributed by atoms with E-state index in [-0.39, 0.29) is 5.76 Å². The predicted octanol–water partition coefficient (Wildman–Crippen LogP) is 1.16. The highest BCUT2D eigenvalue weighted by Crippen LogP contribution is 2.17. The number of nitrogens with zero attached hydrogens (tertiary/aromatic N) is 1. The van der Waals surface area contributed by atoms with Crippen LogP contribution >= 0.6 is 0 Å². The highest BCUT2D eigenvalue weighted by atomic mass is 16.5. The van der Waals surface area contributed by atoms with Gasteiger partial charge in [-0.3, -0.25) is 4.90 Å². The van der Waals surface area contributed by atoms with Gasteiger partial charge in [0, 0.05) is 18.7 Å². The summed E-state index contributed by atoms with van der Waals surface area (Å²) in [7, 11) is 1.34. The molecule has 1 heterocycles. The Balaban J connectivity index is 2.75. The highest BCUT2D eigenvalue weighted by Gasteiger charge is 2.17. The van der Waals surface area contributed by atoms with E-state index in [1.807, 2.05) is 13.0 Å². The maximum atomic E-state index is 11.4. The van der Waals surface area contributed by atoms with E-state index in [2.05, 4.69) is 16.6 Å². The van der Waals surface area contributed by atoms with Crippen molar-refractivity contribution in [3.63, 3.8) is 0 Å². The maximum absolute atomic E-state index is 11.4. The van der Waals surface area contributed by atoms with E-state index in [1.165, 1.54) is 7.11 Å². The number of hydrogen-bond acceptors (Lipinski definition) is 5. The van der Waals surface area contributed by atoms with Crippen LogP contribution in [0.25, 0.3) is 0 Å². The Hall–Kier alpha value is -1.33. The summed E-state index contributed by atoms with van der Waals surface area (Å²) in [6.07, 6.45) is 0. The standard InChI is InChI=1S/C12H20N2O3/c1-4-14(6-5-13)8-10-7-9(2)11(17-10)12(15)16-3/h7H,4-6,8,13H2,1-3H3. The minimum atomic E-state index is -0.435. The molecule has 17 heavy (non-hydrogen) atoms. The summed E-state index contributed by atoms with van der Waals surface area (Å²) in [6.45, 7) is 6.86. The van der Waals surface area contributed by atoms with Crippen LogP contribution in [0.15, 0.2) is 10.5 Å². The predicted molar refractivity (Wildman–Crippen MR) is 64.8 cm³/mol. The van der Waals surface area contributed by atoms with E-state index in [0.717, 1.165) is 24.4 Å². The first-order valence-electron chi connectivity index (χ1n) is 5.72. The zero-order chi connectivity index (χ0) is 12.8. The molecule has 0 atom stereocenters. The minimum absolute atomic E-state index is 0.284. The molecule has 1 rings (SSSR count). The van der Waals surface area contributed by atoms with E-state index < -0.39 is 5.97 Å². The average molecular weight is 240 g/mol. The fourth-order valence-electron chi connectivity index (χ4n) is 1.67. The van der Waals surface area contributed by atoms with Gasteiger partial charge in [0.15, 0.2) is 0 Å². The molecule has 0 aliphatic carbocycles. The molecule has 1 aromatic heterocycles. The first-order chi connectivity index (χ1) is 8.12. The Morgan fingerprint density at radius 2 is 2.29 bits per heavy atom. The van der Waals surface area contributed by atoms with E-state index in [1.54, 1.807) is 0 Å². The molecule has 0 aliphatic rings. The zero-order valence-electron chi connectivity index (χ0n) is 10.7. The molecule has 0 spiro atoms. The Morgan fingerprint density at radius 3 is 2.82 bits per heavy atom. The molecule has 0 radical (unpaired) electrons. The number of hydrogen-bond donors (Lipinski definition) is 1. The molecule has 0 fully saturated rings. The molecular weight excluding hydrogens is 220 g/mol. The lowest BCUT2D eigenvalue weighted by Gasteiger charge is -2.17. The van der Waals surface area contributed by atoms with E-state index in [4.69, 9.17) is 10.2 Å². The number of nitrogens with two attached hydrogens (primary N) is 1. The molecular formula is C12H20N2O3. The van der Waals surface area contributed by atoms with Crippen LogP contribution in [0.4, 0.5) is 0 Å². The first-order valence-corrected chi connectivity index (χ1v) is 5.72. The van der Waals surface area contributed by atoms with Gasteiger partial charge in [0.25, 0.3) is 0 Å². The van der Waals surface area contributed by atoms with Crippen molar-refractivity contribution in [1.82, 2.24) is 4.90 Å². The SMILES string of the molecule is CCN(CCN)Cc1cc(C)c(C(=O)OC)o1. The summed E-state index contributed by atoms with van der Waals surface area (Å²) in [5.41, 5.74) is 6.32. The van der Waals surface area contributed by atoms with Crippen molar-refractivity contribution in [2.45, 2.75) is 20.4 Å². The average Bonchev–Trinajstić information content (AvgIpc) is 2.68. The molecule has 96 valence electrons. The number of ether oxygens (including phenoxy) is 1. The lowest BCUT2D eigenvalue weighted by Crippen LogP contribution is -2.28. The fourth-order valence-corrected chi connectivity index (χ4v) is 1.67. The molecule has 0 aromatic carbocycles. The molecule has 5 nitrogen and oxygen atoms in total. The summed E-state index contributed by atoms with van der Waals surface area (Å²) in [5, 5.41) is 0. The molecule has 0 saturated heterocycles. The molecule has 5 heteroatoms. The summed E-state index contributed by atoms with van der Waals surface area (Å²) in [5.74, 6) is 0.611. The van der Waals surface area contributed by atoms with Gasteiger partial charge in [0.2, 0.25) is 5.76 Å². The minimum Gasteiger partial charge on any atom is -0.463 e. The van der Waals surface area contributed by atoms with Crippen LogP contribution < -0.4 is 5.73 Å². The number of esters is 1. The maximum Gasteiger partial charge on any atom is 0.374 e. The fraction of sp³-hybridized carbons (Fsp3) is 0.583. The van der Waals surface area contributed by atoms with Crippen molar-refractivity contribution in [3.05, 3.63) is 23.2 Å². The normalized spacial score (nSPS) is 10.9. The summed E-state index contributed by atoms with van der Waals surface area (Å²) in [4.78, 5) is 13.5. The van der Waals surface area contributed by atoms with Gasteiger partial charge in [-0.1, -0.05) is 6.92 Å². The van der Waals surface area contributed by atoms with Crippen molar-refractivity contribution < 1.29 is 13.9 Å². The third-order valence-electron chi connectivity index (χ3n) is 2.61. The Kier molecular flexibility index (Phi) is 5.18.